The van der Waals surface area contributed by atoms with Gasteiger partial charge in [-0.15, -0.1) is 11.3 Å². The van der Waals surface area contributed by atoms with Gasteiger partial charge in [0.05, 0.1) is 6.26 Å². The molecule has 1 nitrogen and oxygen atoms in total. The first-order valence-electron chi connectivity index (χ1n) is 5.51. The van der Waals surface area contributed by atoms with E-state index in [9.17, 15) is 0 Å². The van der Waals surface area contributed by atoms with Gasteiger partial charge in [-0.3, -0.25) is 0 Å². The van der Waals surface area contributed by atoms with Crippen molar-refractivity contribution < 1.29 is 4.42 Å². The number of unbranched alkanes of at least 4 members (excludes halogenated alkanes) is 2. The Balaban J connectivity index is 1.98. The first-order valence-corrected chi connectivity index (χ1v) is 6.39. The highest BCUT2D eigenvalue weighted by Crippen LogP contribution is 2.27. The lowest BCUT2D eigenvalue weighted by molar-refractivity contribution is 0.497. The maximum Gasteiger partial charge on any atom is 0.104 e. The summed E-state index contributed by atoms with van der Waals surface area (Å²) in [6, 6.07) is 6.37. The van der Waals surface area contributed by atoms with E-state index in [4.69, 9.17) is 4.42 Å². The molecule has 2 aromatic heterocycles. The molecule has 0 bridgehead atoms. The number of hydrogen-bond acceptors (Lipinski definition) is 2. The molecule has 0 amide bonds. The van der Waals surface area contributed by atoms with E-state index in [1.807, 2.05) is 6.26 Å². The Bertz CT molecular complexity index is 386. The molecule has 0 atom stereocenters. The van der Waals surface area contributed by atoms with Crippen LogP contribution in [0, 0.1) is 0 Å². The quantitative estimate of drug-likeness (QED) is 0.663. The van der Waals surface area contributed by atoms with Crippen LogP contribution in [0.2, 0.25) is 0 Å². The van der Waals surface area contributed by atoms with Crippen molar-refractivity contribution in [2.24, 2.45) is 0 Å². The van der Waals surface area contributed by atoms with Crippen molar-refractivity contribution >= 4 is 11.3 Å². The van der Waals surface area contributed by atoms with Crippen molar-refractivity contribution in [1.82, 2.24) is 0 Å². The predicted molar refractivity (Wildman–Crippen MR) is 65.3 cm³/mol. The second-order valence-corrected chi connectivity index (χ2v) is 4.68. The van der Waals surface area contributed by atoms with Gasteiger partial charge in [0.25, 0.3) is 0 Å². The summed E-state index contributed by atoms with van der Waals surface area (Å²) in [4.78, 5) is 1.29. The first kappa shape index (κ1) is 10.5. The molecule has 0 aliphatic rings. The second-order valence-electron chi connectivity index (χ2n) is 3.74. The molecule has 0 fully saturated rings. The average molecular weight is 220 g/mol. The highest BCUT2D eigenvalue weighted by atomic mass is 32.1. The van der Waals surface area contributed by atoms with Gasteiger partial charge >= 0.3 is 0 Å². The minimum Gasteiger partial charge on any atom is -0.469 e. The van der Waals surface area contributed by atoms with Crippen molar-refractivity contribution in [1.29, 1.82) is 0 Å². The summed E-state index contributed by atoms with van der Waals surface area (Å²) in [7, 11) is 0. The maximum absolute atomic E-state index is 5.54. The van der Waals surface area contributed by atoms with Gasteiger partial charge in [-0.25, -0.2) is 0 Å². The van der Waals surface area contributed by atoms with Crippen molar-refractivity contribution in [2.45, 2.75) is 32.6 Å². The molecule has 2 rings (SSSR count). The predicted octanol–water partition coefficient (Wildman–Crippen LogP) is 4.74. The van der Waals surface area contributed by atoms with Gasteiger partial charge in [-0.1, -0.05) is 25.8 Å². The summed E-state index contributed by atoms with van der Waals surface area (Å²) in [5.41, 5.74) is 1.22. The summed E-state index contributed by atoms with van der Waals surface area (Å²) in [5.74, 6) is 1.12. The summed E-state index contributed by atoms with van der Waals surface area (Å²) in [6.45, 7) is 2.22. The number of hydrogen-bond donors (Lipinski definition) is 0. The summed E-state index contributed by atoms with van der Waals surface area (Å²) < 4.78 is 5.54. The fraction of sp³-hybridized carbons (Fsp3) is 0.385. The van der Waals surface area contributed by atoms with Crippen LogP contribution in [0.3, 0.4) is 0 Å². The Morgan fingerprint density at radius 3 is 3.00 bits per heavy atom. The Kier molecular flexibility index (Phi) is 3.62. The highest BCUT2D eigenvalue weighted by molar-refractivity contribution is 7.13. The normalized spacial score (nSPS) is 10.7. The second kappa shape index (κ2) is 5.17. The fourth-order valence-electron chi connectivity index (χ4n) is 1.63. The number of furan rings is 1. The third kappa shape index (κ3) is 2.72. The van der Waals surface area contributed by atoms with E-state index in [1.54, 1.807) is 11.3 Å². The van der Waals surface area contributed by atoms with E-state index in [-0.39, 0.29) is 0 Å². The molecule has 0 N–H and O–H groups in total. The van der Waals surface area contributed by atoms with Crippen LogP contribution in [0.25, 0.3) is 10.4 Å². The van der Waals surface area contributed by atoms with E-state index in [0.29, 0.717) is 0 Å². The maximum atomic E-state index is 5.54. The van der Waals surface area contributed by atoms with E-state index < -0.39 is 0 Å². The fourth-order valence-corrected chi connectivity index (χ4v) is 2.34. The van der Waals surface area contributed by atoms with Gasteiger partial charge in [0.15, 0.2) is 0 Å². The molecular formula is C13H16OS. The average Bonchev–Trinajstić information content (AvgIpc) is 2.87. The summed E-state index contributed by atoms with van der Waals surface area (Å²) >= 11 is 1.76. The van der Waals surface area contributed by atoms with Crippen LogP contribution in [0.1, 0.15) is 31.9 Å². The zero-order chi connectivity index (χ0) is 10.5. The smallest absolute Gasteiger partial charge is 0.104 e. The van der Waals surface area contributed by atoms with E-state index >= 15 is 0 Å². The van der Waals surface area contributed by atoms with E-state index in [2.05, 4.69) is 30.5 Å². The van der Waals surface area contributed by atoms with Gasteiger partial charge in [-0.05, 0) is 23.9 Å². The van der Waals surface area contributed by atoms with Crippen LogP contribution in [0.4, 0.5) is 0 Å². The molecule has 0 aromatic carbocycles. The Morgan fingerprint density at radius 1 is 1.33 bits per heavy atom. The first-order chi connectivity index (χ1) is 7.40. The van der Waals surface area contributed by atoms with Crippen LogP contribution in [-0.2, 0) is 6.42 Å². The molecule has 0 aliphatic carbocycles. The van der Waals surface area contributed by atoms with Crippen LogP contribution in [-0.4, -0.2) is 0 Å². The molecule has 2 aromatic rings. The highest BCUT2D eigenvalue weighted by Gasteiger charge is 2.04. The van der Waals surface area contributed by atoms with Crippen LogP contribution in [0.5, 0.6) is 0 Å². The van der Waals surface area contributed by atoms with Crippen LogP contribution >= 0.6 is 11.3 Å². The standard InChI is InChI=1S/C13H16OS/c1-2-3-4-6-12-9-11(10-14-12)13-7-5-8-15-13/h5,7-10H,2-4,6H2,1H3. The Morgan fingerprint density at radius 2 is 2.27 bits per heavy atom. The molecule has 0 saturated carbocycles. The largest absolute Gasteiger partial charge is 0.469 e. The summed E-state index contributed by atoms with van der Waals surface area (Å²) in [5, 5.41) is 2.10. The van der Waals surface area contributed by atoms with Crippen molar-refractivity contribution in [3.8, 4) is 10.4 Å². The minimum atomic E-state index is 1.07. The lowest BCUT2D eigenvalue weighted by atomic mass is 10.1. The zero-order valence-electron chi connectivity index (χ0n) is 9.03. The Labute approximate surface area is 94.7 Å². The van der Waals surface area contributed by atoms with Crippen molar-refractivity contribution in [3.05, 3.63) is 35.6 Å². The molecule has 15 heavy (non-hydrogen) atoms. The molecule has 0 aliphatic heterocycles. The van der Waals surface area contributed by atoms with E-state index in [1.165, 1.54) is 29.7 Å². The Hall–Kier alpha value is -1.02. The molecule has 0 unspecified atom stereocenters. The van der Waals surface area contributed by atoms with Gasteiger partial charge in [0, 0.05) is 16.9 Å². The number of rotatable bonds is 5. The third-order valence-electron chi connectivity index (χ3n) is 2.49. The van der Waals surface area contributed by atoms with E-state index in [0.717, 1.165) is 12.2 Å². The van der Waals surface area contributed by atoms with Gasteiger partial charge in [-0.2, -0.15) is 0 Å². The van der Waals surface area contributed by atoms with Crippen LogP contribution < -0.4 is 0 Å². The van der Waals surface area contributed by atoms with Crippen molar-refractivity contribution in [3.63, 3.8) is 0 Å². The minimum absolute atomic E-state index is 1.07. The van der Waals surface area contributed by atoms with Crippen LogP contribution in [0.15, 0.2) is 34.3 Å². The van der Waals surface area contributed by atoms with Gasteiger partial charge in [0.2, 0.25) is 0 Å². The molecule has 2 heteroatoms. The van der Waals surface area contributed by atoms with Gasteiger partial charge < -0.3 is 4.42 Å². The molecule has 2 heterocycles. The molecule has 0 spiro atoms. The molecule has 80 valence electrons. The molecular weight excluding hydrogens is 204 g/mol. The third-order valence-corrected chi connectivity index (χ3v) is 3.41. The number of aryl methyl sites for hydroxylation is 1. The molecule has 0 radical (unpaired) electrons. The monoisotopic (exact) mass is 220 g/mol. The number of thiophene rings is 1. The zero-order valence-corrected chi connectivity index (χ0v) is 9.85. The SMILES string of the molecule is CCCCCc1cc(-c2cccs2)co1. The van der Waals surface area contributed by atoms with Crippen molar-refractivity contribution in [2.75, 3.05) is 0 Å². The molecule has 0 saturated heterocycles. The lowest BCUT2D eigenvalue weighted by Crippen LogP contribution is -1.80. The summed E-state index contributed by atoms with van der Waals surface area (Å²) in [6.07, 6.45) is 6.72. The lowest BCUT2D eigenvalue weighted by Gasteiger charge is -1.93. The van der Waals surface area contributed by atoms with Gasteiger partial charge in [0.1, 0.15) is 5.76 Å². The topological polar surface area (TPSA) is 13.1 Å².